The van der Waals surface area contributed by atoms with E-state index in [0.717, 1.165) is 27.7 Å². The maximum absolute atomic E-state index is 14.0. The Hall–Kier alpha value is -4.12. The van der Waals surface area contributed by atoms with Crippen molar-refractivity contribution in [2.75, 3.05) is 23.0 Å². The van der Waals surface area contributed by atoms with E-state index in [1.54, 1.807) is 14.5 Å². The fourth-order valence-electron chi connectivity index (χ4n) is 6.29. The molecule has 2 aliphatic heterocycles. The number of carbonyl (C=O) groups is 2. The molecule has 45 heavy (non-hydrogen) atoms. The van der Waals surface area contributed by atoms with Gasteiger partial charge in [0.2, 0.25) is 5.91 Å². The Morgan fingerprint density at radius 1 is 1.07 bits per heavy atom. The third-order valence-electron chi connectivity index (χ3n) is 8.77. The molecular formula is C35H36BrN5O4. The van der Waals surface area contributed by atoms with E-state index >= 15 is 0 Å². The zero-order valence-electron chi connectivity index (χ0n) is 25.1. The molecule has 1 unspecified atom stereocenters. The minimum Gasteiger partial charge on any atom is -0.395 e. The lowest BCUT2D eigenvalue weighted by molar-refractivity contribution is -0.139. The van der Waals surface area contributed by atoms with Crippen LogP contribution in [0.5, 0.6) is 0 Å². The average Bonchev–Trinajstić information content (AvgIpc) is 3.75. The number of hydrogen-bond donors (Lipinski definition) is 2. The smallest absolute Gasteiger partial charge is 0.264 e. The summed E-state index contributed by atoms with van der Waals surface area (Å²) < 4.78 is 2.52. The van der Waals surface area contributed by atoms with E-state index in [1.165, 1.54) is 0 Å². The Morgan fingerprint density at radius 2 is 1.89 bits per heavy atom. The Bertz CT molecular complexity index is 1720. The van der Waals surface area contributed by atoms with Crippen molar-refractivity contribution in [2.24, 2.45) is 5.92 Å². The third-order valence-corrected chi connectivity index (χ3v) is 9.27. The first kappa shape index (κ1) is 30.9. The van der Waals surface area contributed by atoms with E-state index in [1.807, 2.05) is 98.1 Å². The fourth-order valence-corrected chi connectivity index (χ4v) is 6.65. The van der Waals surface area contributed by atoms with Gasteiger partial charge in [0, 0.05) is 47.3 Å². The zero-order valence-corrected chi connectivity index (χ0v) is 26.7. The zero-order chi connectivity index (χ0) is 31.6. The molecule has 6 rings (SSSR count). The lowest BCUT2D eigenvalue weighted by atomic mass is 9.83. The first-order chi connectivity index (χ1) is 21.8. The van der Waals surface area contributed by atoms with Crippen molar-refractivity contribution >= 4 is 39.1 Å². The summed E-state index contributed by atoms with van der Waals surface area (Å²) in [6, 6.07) is 23.0. The first-order valence-electron chi connectivity index (χ1n) is 15.3. The number of carbonyl (C=O) groups excluding carboxylic acids is 2. The highest BCUT2D eigenvalue weighted by molar-refractivity contribution is 9.10. The summed E-state index contributed by atoms with van der Waals surface area (Å²) in [6.45, 7) is 3.31. The highest BCUT2D eigenvalue weighted by Crippen LogP contribution is 2.47. The Kier molecular flexibility index (Phi) is 8.98. The van der Waals surface area contributed by atoms with E-state index < -0.39 is 11.5 Å². The fraction of sp³-hybridized carbons (Fsp3) is 0.314. The van der Waals surface area contributed by atoms with Crippen molar-refractivity contribution in [3.8, 4) is 0 Å². The number of nitrogens with zero attached hydrogens (tertiary/aromatic N) is 5. The summed E-state index contributed by atoms with van der Waals surface area (Å²) in [6.07, 6.45) is 7.68. The van der Waals surface area contributed by atoms with E-state index in [2.05, 4.69) is 26.2 Å². The SMILES string of the molecule is C[C@@H](/C=C/CCn1cc(C(CO)c2ccccc2)nn1)[C@]1(O)C(=O)N(Cc2cccc(N3CCCC3=O)c2)c2ccc(Br)cc21. The predicted octanol–water partition coefficient (Wildman–Crippen LogP) is 5.31. The van der Waals surface area contributed by atoms with Crippen LogP contribution in [0.15, 0.2) is 95.6 Å². The second-order valence-corrected chi connectivity index (χ2v) is 12.6. The van der Waals surface area contributed by atoms with Crippen molar-refractivity contribution in [1.82, 2.24) is 15.0 Å². The minimum absolute atomic E-state index is 0.0646. The number of aryl methyl sites for hydroxylation is 1. The molecule has 0 aliphatic carbocycles. The number of aromatic nitrogens is 3. The monoisotopic (exact) mass is 669 g/mol. The number of aliphatic hydroxyl groups excluding tert-OH is 1. The van der Waals surface area contributed by atoms with Gasteiger partial charge >= 0.3 is 0 Å². The van der Waals surface area contributed by atoms with Gasteiger partial charge in [-0.3, -0.25) is 14.3 Å². The predicted molar refractivity (Wildman–Crippen MR) is 176 cm³/mol. The highest BCUT2D eigenvalue weighted by atomic mass is 79.9. The quantitative estimate of drug-likeness (QED) is 0.210. The van der Waals surface area contributed by atoms with Gasteiger partial charge in [0.05, 0.1) is 30.5 Å². The molecule has 1 aromatic heterocycles. The number of anilines is 2. The standard InChI is InChI=1S/C35H36BrN5O4/c1-24(9-5-6-17-39-22-31(37-38-39)29(23-42)26-11-3-2-4-12-26)35(45)30-20-27(36)15-16-32(30)41(34(35)44)21-25-10-7-13-28(19-25)40-18-8-14-33(40)43/h2-5,7,9-13,15-16,19-20,22,24,29,42,45H,6,8,14,17-18,21,23H2,1H3/b9-5+/t24-,29?,35+/m0/s1. The number of fused-ring (bicyclic) bond motifs is 1. The molecule has 9 nitrogen and oxygen atoms in total. The van der Waals surface area contributed by atoms with Crippen molar-refractivity contribution < 1.29 is 19.8 Å². The van der Waals surface area contributed by atoms with E-state index in [9.17, 15) is 19.8 Å². The average molecular weight is 671 g/mol. The topological polar surface area (TPSA) is 112 Å². The number of benzene rings is 3. The lowest BCUT2D eigenvalue weighted by Crippen LogP contribution is -2.44. The largest absolute Gasteiger partial charge is 0.395 e. The van der Waals surface area contributed by atoms with Gasteiger partial charge in [-0.15, -0.1) is 5.10 Å². The molecule has 4 aromatic rings. The molecule has 232 valence electrons. The second kappa shape index (κ2) is 13.1. The first-order valence-corrected chi connectivity index (χ1v) is 16.0. The molecule has 3 aromatic carbocycles. The summed E-state index contributed by atoms with van der Waals surface area (Å²) in [5.41, 5.74) is 2.86. The molecule has 1 fully saturated rings. The number of halogens is 1. The maximum atomic E-state index is 14.0. The number of amides is 2. The van der Waals surface area contributed by atoms with E-state index in [-0.39, 0.29) is 30.9 Å². The molecule has 3 atom stereocenters. The van der Waals surface area contributed by atoms with Gasteiger partial charge in [0.1, 0.15) is 0 Å². The summed E-state index contributed by atoms with van der Waals surface area (Å²) >= 11 is 3.52. The van der Waals surface area contributed by atoms with Crippen LogP contribution >= 0.6 is 15.9 Å². The van der Waals surface area contributed by atoms with Crippen molar-refractivity contribution in [2.45, 2.75) is 50.8 Å². The molecule has 0 saturated carbocycles. The van der Waals surface area contributed by atoms with Gasteiger partial charge in [-0.05, 0) is 54.3 Å². The molecule has 0 bridgehead atoms. The van der Waals surface area contributed by atoms with Gasteiger partial charge in [0.15, 0.2) is 5.60 Å². The van der Waals surface area contributed by atoms with Crippen LogP contribution in [-0.4, -0.2) is 50.2 Å². The molecule has 0 radical (unpaired) electrons. The second-order valence-electron chi connectivity index (χ2n) is 11.7. The number of hydrogen-bond acceptors (Lipinski definition) is 6. The molecule has 1 saturated heterocycles. The molecule has 2 amide bonds. The van der Waals surface area contributed by atoms with Crippen LogP contribution in [0.1, 0.15) is 54.5 Å². The van der Waals surface area contributed by atoms with Crippen LogP contribution in [-0.2, 0) is 28.3 Å². The normalized spacial score (nSPS) is 19.5. The van der Waals surface area contributed by atoms with Gasteiger partial charge in [-0.2, -0.15) is 0 Å². The number of aliphatic hydroxyl groups is 2. The Morgan fingerprint density at radius 3 is 2.64 bits per heavy atom. The molecular weight excluding hydrogens is 634 g/mol. The maximum Gasteiger partial charge on any atom is 0.264 e. The Balaban J connectivity index is 1.16. The Labute approximate surface area is 270 Å². The van der Waals surface area contributed by atoms with Gasteiger partial charge < -0.3 is 20.0 Å². The van der Waals surface area contributed by atoms with Crippen LogP contribution in [0.4, 0.5) is 11.4 Å². The van der Waals surface area contributed by atoms with Crippen molar-refractivity contribution in [1.29, 1.82) is 0 Å². The van der Waals surface area contributed by atoms with Crippen LogP contribution in [0.2, 0.25) is 0 Å². The summed E-state index contributed by atoms with van der Waals surface area (Å²) in [5, 5.41) is 30.5. The molecule has 2 N–H and O–H groups in total. The summed E-state index contributed by atoms with van der Waals surface area (Å²) in [4.78, 5) is 29.8. The van der Waals surface area contributed by atoms with Crippen LogP contribution in [0.3, 0.4) is 0 Å². The summed E-state index contributed by atoms with van der Waals surface area (Å²) in [5.74, 6) is -1.03. The summed E-state index contributed by atoms with van der Waals surface area (Å²) in [7, 11) is 0. The van der Waals surface area contributed by atoms with Gasteiger partial charge in [0.25, 0.3) is 5.91 Å². The van der Waals surface area contributed by atoms with Crippen LogP contribution < -0.4 is 9.80 Å². The number of allylic oxidation sites excluding steroid dienone is 1. The van der Waals surface area contributed by atoms with E-state index in [4.69, 9.17) is 0 Å². The number of rotatable bonds is 11. The van der Waals surface area contributed by atoms with Gasteiger partial charge in [-0.1, -0.05) is 82.7 Å². The molecule has 3 heterocycles. The van der Waals surface area contributed by atoms with Crippen molar-refractivity contribution in [3.63, 3.8) is 0 Å². The lowest BCUT2D eigenvalue weighted by Gasteiger charge is -2.28. The molecule has 0 spiro atoms. The minimum atomic E-state index is -1.75. The molecule has 10 heteroatoms. The third kappa shape index (κ3) is 6.10. The van der Waals surface area contributed by atoms with Gasteiger partial charge in [-0.25, -0.2) is 0 Å². The highest BCUT2D eigenvalue weighted by Gasteiger charge is 2.52. The van der Waals surface area contributed by atoms with Crippen molar-refractivity contribution in [3.05, 3.63) is 118 Å². The van der Waals surface area contributed by atoms with Crippen LogP contribution in [0, 0.1) is 5.92 Å². The van der Waals surface area contributed by atoms with Crippen LogP contribution in [0.25, 0.3) is 0 Å². The molecule has 2 aliphatic rings. The van der Waals surface area contributed by atoms with E-state index in [0.29, 0.717) is 42.9 Å².